The Morgan fingerprint density at radius 3 is 2.45 bits per heavy atom. The number of halogens is 1. The predicted octanol–water partition coefficient (Wildman–Crippen LogP) is 2.91. The molecule has 4 nitrogen and oxygen atoms in total. The Labute approximate surface area is 140 Å². The lowest BCUT2D eigenvalue weighted by Crippen LogP contribution is -2.34. The van der Waals surface area contributed by atoms with Crippen LogP contribution in [-0.4, -0.2) is 23.3 Å². The van der Waals surface area contributed by atoms with E-state index in [0.717, 1.165) is 18.4 Å². The number of carbonyl (C=O) groups is 2. The lowest BCUT2D eigenvalue weighted by molar-refractivity contribution is -0.119. The Hall–Kier alpha value is -1.20. The van der Waals surface area contributed by atoms with Gasteiger partial charge in [-0.1, -0.05) is 36.6 Å². The summed E-state index contributed by atoms with van der Waals surface area (Å²) in [5.41, 5.74) is 6.17. The topological polar surface area (TPSA) is 72.2 Å². The van der Waals surface area contributed by atoms with E-state index >= 15 is 0 Å². The van der Waals surface area contributed by atoms with Crippen molar-refractivity contribution >= 4 is 35.2 Å². The third-order valence-corrected chi connectivity index (χ3v) is 5.10. The number of amides is 2. The highest BCUT2D eigenvalue weighted by Crippen LogP contribution is 2.36. The minimum atomic E-state index is -0.400. The van der Waals surface area contributed by atoms with Gasteiger partial charge in [0.1, 0.15) is 0 Å². The molecule has 120 valence electrons. The lowest BCUT2D eigenvalue weighted by Gasteiger charge is -2.25. The first kappa shape index (κ1) is 17.2. The van der Waals surface area contributed by atoms with E-state index in [9.17, 15) is 9.59 Å². The fraction of sp³-hybridized carbons (Fsp3) is 0.500. The zero-order valence-corrected chi connectivity index (χ0v) is 14.0. The van der Waals surface area contributed by atoms with Crippen molar-refractivity contribution in [2.45, 2.75) is 31.7 Å². The summed E-state index contributed by atoms with van der Waals surface area (Å²) in [5.74, 6) is 0.426. The molecule has 3 N–H and O–H groups in total. The third-order valence-electron chi connectivity index (χ3n) is 3.89. The van der Waals surface area contributed by atoms with Gasteiger partial charge in [0.15, 0.2) is 0 Å². The molecule has 0 radical (unpaired) electrons. The molecule has 1 saturated carbocycles. The van der Waals surface area contributed by atoms with E-state index in [1.54, 1.807) is 0 Å². The number of primary amides is 1. The van der Waals surface area contributed by atoms with Gasteiger partial charge in [-0.3, -0.25) is 9.59 Å². The third kappa shape index (κ3) is 5.21. The Balaban J connectivity index is 2.00. The molecule has 1 fully saturated rings. The van der Waals surface area contributed by atoms with Gasteiger partial charge in [0.05, 0.1) is 17.5 Å². The smallest absolute Gasteiger partial charge is 0.230 e. The van der Waals surface area contributed by atoms with Crippen molar-refractivity contribution in [2.75, 3.05) is 11.5 Å². The maximum absolute atomic E-state index is 12.1. The van der Waals surface area contributed by atoms with E-state index in [2.05, 4.69) is 5.32 Å². The lowest BCUT2D eigenvalue weighted by atomic mass is 9.91. The van der Waals surface area contributed by atoms with Crippen LogP contribution in [0.2, 0.25) is 5.02 Å². The second-order valence-electron chi connectivity index (χ2n) is 5.60. The van der Waals surface area contributed by atoms with Crippen LogP contribution in [0.5, 0.6) is 0 Å². The Morgan fingerprint density at radius 1 is 1.23 bits per heavy atom. The number of nitrogens with one attached hydrogen (secondary N) is 1. The second kappa shape index (κ2) is 8.44. The summed E-state index contributed by atoms with van der Waals surface area (Å²) in [5, 5.41) is 3.81. The summed E-state index contributed by atoms with van der Waals surface area (Å²) in [6.07, 6.45) is 4.67. The van der Waals surface area contributed by atoms with Gasteiger partial charge < -0.3 is 11.1 Å². The van der Waals surface area contributed by atoms with Gasteiger partial charge in [-0.05, 0) is 36.5 Å². The highest BCUT2D eigenvalue weighted by molar-refractivity contribution is 8.00. The molecule has 1 aromatic carbocycles. The van der Waals surface area contributed by atoms with Crippen LogP contribution in [-0.2, 0) is 9.59 Å². The SMILES string of the molecule is NC(=O)CSCC(=O)N[C@H](c1ccc(Cl)cc1)C1CCCC1. The van der Waals surface area contributed by atoms with E-state index < -0.39 is 5.91 Å². The van der Waals surface area contributed by atoms with E-state index in [1.165, 1.54) is 24.6 Å². The molecular formula is C16H21ClN2O2S. The summed E-state index contributed by atoms with van der Waals surface area (Å²) in [6.45, 7) is 0. The fourth-order valence-corrected chi connectivity index (χ4v) is 3.59. The fourth-order valence-electron chi connectivity index (χ4n) is 2.89. The largest absolute Gasteiger partial charge is 0.369 e. The molecular weight excluding hydrogens is 320 g/mol. The minimum absolute atomic E-state index is 0.0152. The van der Waals surface area contributed by atoms with Crippen molar-refractivity contribution in [3.63, 3.8) is 0 Å². The van der Waals surface area contributed by atoms with Crippen LogP contribution >= 0.6 is 23.4 Å². The van der Waals surface area contributed by atoms with Crippen LogP contribution in [0.3, 0.4) is 0 Å². The predicted molar refractivity (Wildman–Crippen MR) is 90.8 cm³/mol. The van der Waals surface area contributed by atoms with Gasteiger partial charge in [-0.25, -0.2) is 0 Å². The number of nitrogens with two attached hydrogens (primary N) is 1. The van der Waals surface area contributed by atoms with E-state index in [1.807, 2.05) is 24.3 Å². The quantitative estimate of drug-likeness (QED) is 0.801. The highest BCUT2D eigenvalue weighted by Gasteiger charge is 2.27. The number of carbonyl (C=O) groups excluding carboxylic acids is 2. The van der Waals surface area contributed by atoms with Gasteiger partial charge in [0, 0.05) is 5.02 Å². The summed E-state index contributed by atoms with van der Waals surface area (Å²) >= 11 is 7.19. The maximum Gasteiger partial charge on any atom is 0.230 e. The van der Waals surface area contributed by atoms with Crippen molar-refractivity contribution in [2.24, 2.45) is 11.7 Å². The first-order valence-corrected chi connectivity index (χ1v) is 9.00. The number of thioether (sulfide) groups is 1. The minimum Gasteiger partial charge on any atom is -0.369 e. The zero-order valence-electron chi connectivity index (χ0n) is 12.4. The molecule has 1 aromatic rings. The highest BCUT2D eigenvalue weighted by atomic mass is 35.5. The van der Waals surface area contributed by atoms with Crippen molar-refractivity contribution in [3.8, 4) is 0 Å². The molecule has 0 spiro atoms. The molecule has 0 aromatic heterocycles. The second-order valence-corrected chi connectivity index (χ2v) is 7.02. The molecule has 22 heavy (non-hydrogen) atoms. The standard InChI is InChI=1S/C16H21ClN2O2S/c17-13-7-5-12(6-8-13)16(11-3-1-2-4-11)19-15(21)10-22-9-14(18)20/h5-8,11,16H,1-4,9-10H2,(H2,18,20)(H,19,21)/t16-/m0/s1. The molecule has 0 bridgehead atoms. The monoisotopic (exact) mass is 340 g/mol. The Morgan fingerprint density at radius 2 is 1.86 bits per heavy atom. The Bertz CT molecular complexity index is 515. The van der Waals surface area contributed by atoms with E-state index in [0.29, 0.717) is 10.9 Å². The molecule has 2 amide bonds. The summed E-state index contributed by atoms with van der Waals surface area (Å²) in [7, 11) is 0. The summed E-state index contributed by atoms with van der Waals surface area (Å²) in [6, 6.07) is 7.67. The molecule has 2 rings (SSSR count). The van der Waals surface area contributed by atoms with Gasteiger partial charge >= 0.3 is 0 Å². The first-order chi connectivity index (χ1) is 10.6. The molecule has 1 aliphatic carbocycles. The Kier molecular flexibility index (Phi) is 6.58. The van der Waals surface area contributed by atoms with E-state index in [4.69, 9.17) is 17.3 Å². The first-order valence-electron chi connectivity index (χ1n) is 7.47. The molecule has 0 heterocycles. The van der Waals surface area contributed by atoms with Crippen LogP contribution in [0.1, 0.15) is 37.3 Å². The molecule has 0 saturated heterocycles. The molecule has 0 unspecified atom stereocenters. The van der Waals surface area contributed by atoms with Crippen LogP contribution in [0.25, 0.3) is 0 Å². The molecule has 6 heteroatoms. The van der Waals surface area contributed by atoms with Crippen molar-refractivity contribution in [3.05, 3.63) is 34.9 Å². The zero-order chi connectivity index (χ0) is 15.9. The van der Waals surface area contributed by atoms with Crippen LogP contribution in [0.15, 0.2) is 24.3 Å². The van der Waals surface area contributed by atoms with Gasteiger partial charge in [-0.15, -0.1) is 11.8 Å². The van der Waals surface area contributed by atoms with Gasteiger partial charge in [0.25, 0.3) is 0 Å². The summed E-state index contributed by atoms with van der Waals surface area (Å²) in [4.78, 5) is 22.8. The van der Waals surface area contributed by atoms with Gasteiger partial charge in [0.2, 0.25) is 11.8 Å². The van der Waals surface area contributed by atoms with Gasteiger partial charge in [-0.2, -0.15) is 0 Å². The average Bonchev–Trinajstić information content (AvgIpc) is 2.99. The van der Waals surface area contributed by atoms with Crippen molar-refractivity contribution in [1.29, 1.82) is 0 Å². The molecule has 1 aliphatic rings. The van der Waals surface area contributed by atoms with Crippen molar-refractivity contribution in [1.82, 2.24) is 5.32 Å². The summed E-state index contributed by atoms with van der Waals surface area (Å²) < 4.78 is 0. The van der Waals surface area contributed by atoms with E-state index in [-0.39, 0.29) is 23.5 Å². The average molecular weight is 341 g/mol. The normalized spacial score (nSPS) is 16.4. The number of benzene rings is 1. The maximum atomic E-state index is 12.1. The number of rotatable bonds is 7. The van der Waals surface area contributed by atoms with Crippen LogP contribution in [0, 0.1) is 5.92 Å². The van der Waals surface area contributed by atoms with Crippen LogP contribution < -0.4 is 11.1 Å². The molecule has 1 atom stereocenters. The van der Waals surface area contributed by atoms with Crippen molar-refractivity contribution < 1.29 is 9.59 Å². The van der Waals surface area contributed by atoms with Crippen LogP contribution in [0.4, 0.5) is 0 Å². The number of hydrogen-bond donors (Lipinski definition) is 2. The number of hydrogen-bond acceptors (Lipinski definition) is 3. The molecule has 0 aliphatic heterocycles.